The van der Waals surface area contributed by atoms with E-state index in [-0.39, 0.29) is 47.7 Å². The predicted octanol–water partition coefficient (Wildman–Crippen LogP) is 3.65. The second-order valence-electron chi connectivity index (χ2n) is 9.42. The van der Waals surface area contributed by atoms with E-state index in [0.29, 0.717) is 28.9 Å². The molecule has 1 aromatic carbocycles. The molecule has 3 fully saturated rings. The standard InChI is InChI=1S/C24H28N2O4/c1-12(2)29-15-6-5-14(20(9-15)30-13(3)4)11-25-26-23(27)21-16-7-8-17(19-10-18(16)19)22(21)24(26)28/h5-9,11-13,16-19,21-22H,10H2,1-4H3/b25-11-/t16-,17-,18-,19-,21+,22+/m1/s1. The first-order chi connectivity index (χ1) is 14.3. The lowest BCUT2D eigenvalue weighted by Crippen LogP contribution is -2.40. The van der Waals surface area contributed by atoms with Crippen molar-refractivity contribution in [3.63, 3.8) is 0 Å². The number of hydrogen-bond acceptors (Lipinski definition) is 5. The summed E-state index contributed by atoms with van der Waals surface area (Å²) >= 11 is 0. The number of hydrazone groups is 1. The summed E-state index contributed by atoms with van der Waals surface area (Å²) in [4.78, 5) is 26.1. The van der Waals surface area contributed by atoms with Crippen molar-refractivity contribution in [2.24, 2.45) is 40.6 Å². The SMILES string of the molecule is CC(C)Oc1ccc(/C=N\N2C(=O)[C@H]3[C@@H]4C=C[C@H]([C@H]5C[C@H]45)[C@@H]3C2=O)c(OC(C)C)c1. The quantitative estimate of drug-likeness (QED) is 0.409. The van der Waals surface area contributed by atoms with Crippen LogP contribution in [0.4, 0.5) is 0 Å². The molecular formula is C24H28N2O4. The zero-order chi connectivity index (χ0) is 21.2. The summed E-state index contributed by atoms with van der Waals surface area (Å²) in [6.07, 6.45) is 7.06. The molecule has 0 spiro atoms. The lowest BCUT2D eigenvalue weighted by molar-refractivity contribution is -0.140. The fourth-order valence-corrected chi connectivity index (χ4v) is 5.50. The molecule has 6 heteroatoms. The van der Waals surface area contributed by atoms with E-state index in [1.165, 1.54) is 0 Å². The Morgan fingerprint density at radius 1 is 0.967 bits per heavy atom. The van der Waals surface area contributed by atoms with Crippen molar-refractivity contribution in [1.29, 1.82) is 0 Å². The molecule has 5 aliphatic rings. The molecule has 1 aliphatic heterocycles. The molecule has 0 aromatic heterocycles. The molecule has 0 radical (unpaired) electrons. The second-order valence-corrected chi connectivity index (χ2v) is 9.42. The molecule has 0 unspecified atom stereocenters. The molecule has 0 N–H and O–H groups in total. The van der Waals surface area contributed by atoms with Crippen LogP contribution in [0.25, 0.3) is 0 Å². The summed E-state index contributed by atoms with van der Waals surface area (Å²) in [5.41, 5.74) is 0.708. The van der Waals surface area contributed by atoms with Crippen molar-refractivity contribution in [3.05, 3.63) is 35.9 Å². The predicted molar refractivity (Wildman–Crippen MR) is 112 cm³/mol. The Labute approximate surface area is 176 Å². The highest BCUT2D eigenvalue weighted by atomic mass is 16.5. The molecule has 158 valence electrons. The van der Waals surface area contributed by atoms with Crippen molar-refractivity contribution >= 4 is 18.0 Å². The van der Waals surface area contributed by atoms with Gasteiger partial charge in [-0.25, -0.2) is 0 Å². The van der Waals surface area contributed by atoms with Gasteiger partial charge in [0.1, 0.15) is 11.5 Å². The molecule has 30 heavy (non-hydrogen) atoms. The number of ether oxygens (including phenoxy) is 2. The largest absolute Gasteiger partial charge is 0.491 e. The van der Waals surface area contributed by atoms with Crippen LogP contribution >= 0.6 is 0 Å². The van der Waals surface area contributed by atoms with Gasteiger partial charge in [-0.15, -0.1) is 0 Å². The van der Waals surface area contributed by atoms with E-state index < -0.39 is 0 Å². The zero-order valence-corrected chi connectivity index (χ0v) is 17.8. The van der Waals surface area contributed by atoms with Crippen LogP contribution in [0.1, 0.15) is 39.7 Å². The average molecular weight is 408 g/mol. The van der Waals surface area contributed by atoms with E-state index in [1.807, 2.05) is 45.9 Å². The molecular weight excluding hydrogens is 380 g/mol. The van der Waals surface area contributed by atoms with Crippen molar-refractivity contribution in [3.8, 4) is 11.5 Å². The molecule has 6 atom stereocenters. The van der Waals surface area contributed by atoms with Gasteiger partial charge in [-0.3, -0.25) is 9.59 Å². The molecule has 2 amide bonds. The van der Waals surface area contributed by atoms with E-state index in [2.05, 4.69) is 17.3 Å². The molecule has 1 saturated heterocycles. The minimum Gasteiger partial charge on any atom is -0.491 e. The van der Waals surface area contributed by atoms with Gasteiger partial charge in [0.15, 0.2) is 0 Å². The van der Waals surface area contributed by atoms with Crippen molar-refractivity contribution in [2.75, 3.05) is 0 Å². The van der Waals surface area contributed by atoms with E-state index in [1.54, 1.807) is 6.21 Å². The minimum absolute atomic E-state index is 0.0298. The third-order valence-electron chi connectivity index (χ3n) is 6.67. The number of carbonyl (C=O) groups excluding carboxylic acids is 2. The smallest absolute Gasteiger partial charge is 0.254 e. The Hall–Kier alpha value is -2.63. The number of nitrogens with zero attached hydrogens (tertiary/aromatic N) is 2. The third-order valence-corrected chi connectivity index (χ3v) is 6.67. The van der Waals surface area contributed by atoms with E-state index >= 15 is 0 Å². The average Bonchev–Trinajstić information content (AvgIpc) is 3.46. The maximum Gasteiger partial charge on any atom is 0.254 e. The van der Waals surface area contributed by atoms with Crippen LogP contribution in [0.15, 0.2) is 35.5 Å². The van der Waals surface area contributed by atoms with Gasteiger partial charge in [0.05, 0.1) is 30.3 Å². The number of rotatable bonds is 6. The van der Waals surface area contributed by atoms with Crippen LogP contribution in [-0.4, -0.2) is 35.2 Å². The highest BCUT2D eigenvalue weighted by molar-refractivity contribution is 6.06. The number of amides is 2. The zero-order valence-electron chi connectivity index (χ0n) is 17.8. The van der Waals surface area contributed by atoms with Gasteiger partial charge < -0.3 is 9.47 Å². The Morgan fingerprint density at radius 2 is 1.57 bits per heavy atom. The van der Waals surface area contributed by atoms with Gasteiger partial charge in [0.25, 0.3) is 11.8 Å². The van der Waals surface area contributed by atoms with E-state index in [0.717, 1.165) is 11.4 Å². The number of hydrogen-bond donors (Lipinski definition) is 0. The van der Waals surface area contributed by atoms with Gasteiger partial charge >= 0.3 is 0 Å². The third kappa shape index (κ3) is 3.04. The van der Waals surface area contributed by atoms with Gasteiger partial charge in [-0.05, 0) is 69.9 Å². The van der Waals surface area contributed by atoms with Crippen LogP contribution in [0.2, 0.25) is 0 Å². The van der Waals surface area contributed by atoms with Crippen LogP contribution in [-0.2, 0) is 9.59 Å². The summed E-state index contributed by atoms with van der Waals surface area (Å²) in [6.45, 7) is 7.83. The monoisotopic (exact) mass is 408 g/mol. The van der Waals surface area contributed by atoms with Crippen molar-refractivity contribution in [1.82, 2.24) is 5.01 Å². The van der Waals surface area contributed by atoms with E-state index in [4.69, 9.17) is 9.47 Å². The van der Waals surface area contributed by atoms with Gasteiger partial charge in [0, 0.05) is 11.6 Å². The summed E-state index contributed by atoms with van der Waals surface area (Å²) in [7, 11) is 0. The Bertz CT molecular complexity index is 915. The van der Waals surface area contributed by atoms with Crippen LogP contribution in [0.5, 0.6) is 11.5 Å². The number of imide groups is 1. The van der Waals surface area contributed by atoms with Crippen LogP contribution < -0.4 is 9.47 Å². The van der Waals surface area contributed by atoms with Gasteiger partial charge in [0.2, 0.25) is 0 Å². The Kier molecular flexibility index (Phi) is 4.49. The maximum atomic E-state index is 13.1. The molecule has 6 rings (SSSR count). The number of carbonyl (C=O) groups is 2. The number of allylic oxidation sites excluding steroid dienone is 2. The highest BCUT2D eigenvalue weighted by Crippen LogP contribution is 2.65. The van der Waals surface area contributed by atoms with Gasteiger partial charge in [-0.2, -0.15) is 10.1 Å². The van der Waals surface area contributed by atoms with Crippen molar-refractivity contribution in [2.45, 2.75) is 46.3 Å². The lowest BCUT2D eigenvalue weighted by Gasteiger charge is -2.37. The summed E-state index contributed by atoms with van der Waals surface area (Å²) in [6, 6.07) is 5.52. The topological polar surface area (TPSA) is 68.2 Å². The van der Waals surface area contributed by atoms with Gasteiger partial charge in [-0.1, -0.05) is 12.2 Å². The fraction of sp³-hybridized carbons (Fsp3) is 0.542. The van der Waals surface area contributed by atoms with Crippen LogP contribution in [0.3, 0.4) is 0 Å². The molecule has 1 heterocycles. The Balaban J connectivity index is 1.40. The molecule has 4 aliphatic carbocycles. The van der Waals surface area contributed by atoms with Crippen molar-refractivity contribution < 1.29 is 19.1 Å². The molecule has 1 aromatic rings. The first kappa shape index (κ1) is 19.3. The Morgan fingerprint density at radius 3 is 2.13 bits per heavy atom. The lowest BCUT2D eigenvalue weighted by atomic mass is 9.63. The summed E-state index contributed by atoms with van der Waals surface area (Å²) < 4.78 is 11.7. The first-order valence-corrected chi connectivity index (χ1v) is 10.9. The molecule has 6 nitrogen and oxygen atoms in total. The first-order valence-electron chi connectivity index (χ1n) is 10.9. The van der Waals surface area contributed by atoms with E-state index in [9.17, 15) is 9.59 Å². The molecule has 2 bridgehead atoms. The van der Waals surface area contributed by atoms with Crippen LogP contribution in [0, 0.1) is 35.5 Å². The normalized spacial score (nSPS) is 33.6. The summed E-state index contributed by atoms with van der Waals surface area (Å²) in [5.74, 6) is 2.12. The maximum absolute atomic E-state index is 13.1. The fourth-order valence-electron chi connectivity index (χ4n) is 5.50. The molecule has 2 saturated carbocycles. The minimum atomic E-state index is -0.235. The number of benzene rings is 1. The summed E-state index contributed by atoms with van der Waals surface area (Å²) in [5, 5.41) is 5.44. The second kappa shape index (κ2) is 6.96. The highest BCUT2D eigenvalue weighted by Gasteiger charge is 2.67.